The van der Waals surface area contributed by atoms with Gasteiger partial charge in [0, 0.05) is 12.2 Å². The molecular weight excluding hydrogens is 226 g/mol. The van der Waals surface area contributed by atoms with Gasteiger partial charge < -0.3 is 14.8 Å². The molecule has 0 radical (unpaired) electrons. The zero-order chi connectivity index (χ0) is 12.6. The van der Waals surface area contributed by atoms with Gasteiger partial charge in [-0.25, -0.2) is 0 Å². The molecule has 18 heavy (non-hydrogen) atoms. The standard InChI is InChI=1S/C15H23NO2/c1-17-15-7-3-2-6-14(15)12-18-10-8-13-5-4-9-16-11-13/h2-3,6-7,13,16H,4-5,8-12H2,1H3. The first kappa shape index (κ1) is 13.4. The molecule has 0 aliphatic carbocycles. The fourth-order valence-corrected chi connectivity index (χ4v) is 2.42. The molecule has 1 saturated heterocycles. The van der Waals surface area contributed by atoms with Crippen molar-refractivity contribution in [2.45, 2.75) is 25.9 Å². The Kier molecular flexibility index (Phi) is 5.49. The van der Waals surface area contributed by atoms with Crippen LogP contribution in [-0.2, 0) is 11.3 Å². The van der Waals surface area contributed by atoms with Crippen LogP contribution in [-0.4, -0.2) is 26.8 Å². The van der Waals surface area contributed by atoms with E-state index >= 15 is 0 Å². The number of hydrogen-bond acceptors (Lipinski definition) is 3. The smallest absolute Gasteiger partial charge is 0.124 e. The number of para-hydroxylation sites is 1. The molecule has 1 aromatic rings. The summed E-state index contributed by atoms with van der Waals surface area (Å²) in [5.41, 5.74) is 1.13. The Hall–Kier alpha value is -1.06. The number of rotatable bonds is 6. The Morgan fingerprint density at radius 2 is 2.22 bits per heavy atom. The molecule has 1 atom stereocenters. The lowest BCUT2D eigenvalue weighted by molar-refractivity contribution is 0.102. The van der Waals surface area contributed by atoms with Crippen LogP contribution in [0, 0.1) is 5.92 Å². The zero-order valence-electron chi connectivity index (χ0n) is 11.2. The quantitative estimate of drug-likeness (QED) is 0.786. The third-order valence-corrected chi connectivity index (χ3v) is 3.52. The van der Waals surface area contributed by atoms with Crippen LogP contribution in [0.3, 0.4) is 0 Å². The van der Waals surface area contributed by atoms with E-state index in [9.17, 15) is 0 Å². The van der Waals surface area contributed by atoms with Crippen LogP contribution < -0.4 is 10.1 Å². The summed E-state index contributed by atoms with van der Waals surface area (Å²) in [5, 5.41) is 3.44. The molecule has 0 aromatic heterocycles. The first-order chi connectivity index (χ1) is 8.90. The summed E-state index contributed by atoms with van der Waals surface area (Å²) >= 11 is 0. The van der Waals surface area contributed by atoms with Gasteiger partial charge >= 0.3 is 0 Å². The van der Waals surface area contributed by atoms with E-state index in [1.807, 2.05) is 18.2 Å². The molecule has 1 unspecified atom stereocenters. The van der Waals surface area contributed by atoms with Gasteiger partial charge in [-0.15, -0.1) is 0 Å². The summed E-state index contributed by atoms with van der Waals surface area (Å²) in [6.07, 6.45) is 3.80. The third-order valence-electron chi connectivity index (χ3n) is 3.52. The van der Waals surface area contributed by atoms with Crippen molar-refractivity contribution in [3.05, 3.63) is 29.8 Å². The van der Waals surface area contributed by atoms with Crippen LogP contribution in [0.4, 0.5) is 0 Å². The van der Waals surface area contributed by atoms with Gasteiger partial charge in [-0.05, 0) is 44.3 Å². The summed E-state index contributed by atoms with van der Waals surface area (Å²) in [6, 6.07) is 8.03. The van der Waals surface area contributed by atoms with Crippen molar-refractivity contribution >= 4 is 0 Å². The maximum absolute atomic E-state index is 5.76. The lowest BCUT2D eigenvalue weighted by Gasteiger charge is -2.22. The second-order valence-electron chi connectivity index (χ2n) is 4.87. The minimum Gasteiger partial charge on any atom is -0.496 e. The Morgan fingerprint density at radius 1 is 1.33 bits per heavy atom. The van der Waals surface area contributed by atoms with E-state index in [1.54, 1.807) is 7.11 Å². The van der Waals surface area contributed by atoms with Crippen molar-refractivity contribution in [1.29, 1.82) is 0 Å². The van der Waals surface area contributed by atoms with Gasteiger partial charge in [-0.3, -0.25) is 0 Å². The van der Waals surface area contributed by atoms with Crippen molar-refractivity contribution < 1.29 is 9.47 Å². The monoisotopic (exact) mass is 249 g/mol. The molecule has 2 rings (SSSR count). The van der Waals surface area contributed by atoms with Crippen LogP contribution in [0.5, 0.6) is 5.75 Å². The van der Waals surface area contributed by atoms with E-state index in [0.717, 1.165) is 36.8 Å². The number of piperidine rings is 1. The molecular formula is C15H23NO2. The molecule has 0 spiro atoms. The van der Waals surface area contributed by atoms with Gasteiger partial charge in [0.2, 0.25) is 0 Å². The highest BCUT2D eigenvalue weighted by molar-refractivity contribution is 5.32. The van der Waals surface area contributed by atoms with Crippen LogP contribution in [0.15, 0.2) is 24.3 Å². The zero-order valence-corrected chi connectivity index (χ0v) is 11.2. The minimum absolute atomic E-state index is 0.643. The fourth-order valence-electron chi connectivity index (χ4n) is 2.42. The number of nitrogens with one attached hydrogen (secondary N) is 1. The van der Waals surface area contributed by atoms with Crippen LogP contribution in [0.1, 0.15) is 24.8 Å². The molecule has 1 aromatic carbocycles. The maximum atomic E-state index is 5.76. The molecule has 1 aliphatic heterocycles. The average Bonchev–Trinajstić information content (AvgIpc) is 2.45. The van der Waals surface area contributed by atoms with Crippen molar-refractivity contribution in [3.63, 3.8) is 0 Å². The SMILES string of the molecule is COc1ccccc1COCCC1CCCNC1. The van der Waals surface area contributed by atoms with E-state index in [4.69, 9.17) is 9.47 Å². The van der Waals surface area contributed by atoms with Crippen molar-refractivity contribution in [1.82, 2.24) is 5.32 Å². The predicted molar refractivity (Wildman–Crippen MR) is 72.9 cm³/mol. The highest BCUT2D eigenvalue weighted by Gasteiger charge is 2.12. The van der Waals surface area contributed by atoms with E-state index < -0.39 is 0 Å². The van der Waals surface area contributed by atoms with Gasteiger partial charge in [0.15, 0.2) is 0 Å². The first-order valence-corrected chi connectivity index (χ1v) is 6.80. The summed E-state index contributed by atoms with van der Waals surface area (Å²) < 4.78 is 11.1. The lowest BCUT2D eigenvalue weighted by atomic mass is 9.97. The topological polar surface area (TPSA) is 30.5 Å². The minimum atomic E-state index is 0.643. The summed E-state index contributed by atoms with van der Waals surface area (Å²) in [7, 11) is 1.70. The molecule has 0 saturated carbocycles. The molecule has 1 fully saturated rings. The van der Waals surface area contributed by atoms with Gasteiger partial charge in [0.25, 0.3) is 0 Å². The Balaban J connectivity index is 1.68. The van der Waals surface area contributed by atoms with Crippen LogP contribution in [0.25, 0.3) is 0 Å². The largest absolute Gasteiger partial charge is 0.496 e. The lowest BCUT2D eigenvalue weighted by Crippen LogP contribution is -2.30. The molecule has 3 heteroatoms. The van der Waals surface area contributed by atoms with E-state index in [1.165, 1.54) is 19.4 Å². The number of benzene rings is 1. The Morgan fingerprint density at radius 3 is 3.00 bits per heavy atom. The maximum Gasteiger partial charge on any atom is 0.124 e. The average molecular weight is 249 g/mol. The third kappa shape index (κ3) is 4.00. The van der Waals surface area contributed by atoms with Crippen molar-refractivity contribution in [3.8, 4) is 5.75 Å². The van der Waals surface area contributed by atoms with Crippen molar-refractivity contribution in [2.24, 2.45) is 5.92 Å². The van der Waals surface area contributed by atoms with Gasteiger partial charge in [0.05, 0.1) is 13.7 Å². The van der Waals surface area contributed by atoms with E-state index in [2.05, 4.69) is 11.4 Å². The number of hydrogen-bond donors (Lipinski definition) is 1. The fraction of sp³-hybridized carbons (Fsp3) is 0.600. The molecule has 3 nitrogen and oxygen atoms in total. The molecule has 1 heterocycles. The van der Waals surface area contributed by atoms with Crippen molar-refractivity contribution in [2.75, 3.05) is 26.8 Å². The van der Waals surface area contributed by atoms with E-state index in [0.29, 0.717) is 6.61 Å². The summed E-state index contributed by atoms with van der Waals surface area (Å²) in [4.78, 5) is 0. The normalized spacial score (nSPS) is 19.7. The van der Waals surface area contributed by atoms with Crippen LogP contribution in [0.2, 0.25) is 0 Å². The van der Waals surface area contributed by atoms with Crippen LogP contribution >= 0.6 is 0 Å². The van der Waals surface area contributed by atoms with E-state index in [-0.39, 0.29) is 0 Å². The molecule has 0 amide bonds. The Labute approximate surface area is 109 Å². The molecule has 1 aliphatic rings. The first-order valence-electron chi connectivity index (χ1n) is 6.80. The summed E-state index contributed by atoms with van der Waals surface area (Å²) in [5.74, 6) is 1.70. The Bertz CT molecular complexity index is 348. The molecule has 0 bridgehead atoms. The molecule has 1 N–H and O–H groups in total. The van der Waals surface area contributed by atoms with Gasteiger partial charge in [0.1, 0.15) is 5.75 Å². The predicted octanol–water partition coefficient (Wildman–Crippen LogP) is 2.60. The highest BCUT2D eigenvalue weighted by atomic mass is 16.5. The van der Waals surface area contributed by atoms with Gasteiger partial charge in [-0.1, -0.05) is 18.2 Å². The summed E-state index contributed by atoms with van der Waals surface area (Å²) in [6.45, 7) is 3.81. The van der Waals surface area contributed by atoms with Gasteiger partial charge in [-0.2, -0.15) is 0 Å². The molecule has 100 valence electrons. The second-order valence-corrected chi connectivity index (χ2v) is 4.87. The number of ether oxygens (including phenoxy) is 2. The highest BCUT2D eigenvalue weighted by Crippen LogP contribution is 2.19. The second kappa shape index (κ2) is 7.39. The number of methoxy groups -OCH3 is 1.